The quantitative estimate of drug-likeness (QED) is 0.709. The second-order valence-corrected chi connectivity index (χ2v) is 6.02. The van der Waals surface area contributed by atoms with Crippen LogP contribution < -0.4 is 10.1 Å². The molecule has 2 aromatic heterocycles. The summed E-state index contributed by atoms with van der Waals surface area (Å²) in [6.07, 6.45) is 3.40. The summed E-state index contributed by atoms with van der Waals surface area (Å²) in [5.41, 5.74) is 3.51. The van der Waals surface area contributed by atoms with Gasteiger partial charge in [0.25, 0.3) is 0 Å². The Morgan fingerprint density at radius 3 is 2.79 bits per heavy atom. The molecule has 1 N–H and O–H groups in total. The summed E-state index contributed by atoms with van der Waals surface area (Å²) < 4.78 is 5.18. The van der Waals surface area contributed by atoms with Gasteiger partial charge in [0.05, 0.1) is 5.69 Å². The number of hydrogen-bond acceptors (Lipinski definition) is 4. The van der Waals surface area contributed by atoms with Crippen LogP contribution in [0.4, 0.5) is 10.5 Å². The lowest BCUT2D eigenvalue weighted by Gasteiger charge is -2.05. The number of nitrogens with zero attached hydrogens (tertiary/aromatic N) is 1. The lowest BCUT2D eigenvalue weighted by atomic mass is 10.1. The van der Waals surface area contributed by atoms with Crippen LogP contribution in [0.3, 0.4) is 0 Å². The van der Waals surface area contributed by atoms with E-state index >= 15 is 0 Å². The van der Waals surface area contributed by atoms with Crippen molar-refractivity contribution in [3.05, 3.63) is 76.9 Å². The molecule has 120 valence electrons. The van der Waals surface area contributed by atoms with E-state index in [-0.39, 0.29) is 0 Å². The third-order valence-electron chi connectivity index (χ3n) is 3.18. The molecule has 0 spiro atoms. The fourth-order valence-electron chi connectivity index (χ4n) is 2.11. The van der Waals surface area contributed by atoms with E-state index in [0.29, 0.717) is 10.8 Å². The van der Waals surface area contributed by atoms with Gasteiger partial charge in [0.15, 0.2) is 5.06 Å². The minimum Gasteiger partial charge on any atom is -0.399 e. The maximum atomic E-state index is 11.9. The number of anilines is 1. The van der Waals surface area contributed by atoms with Crippen molar-refractivity contribution in [2.24, 2.45) is 0 Å². The van der Waals surface area contributed by atoms with Gasteiger partial charge in [0.1, 0.15) is 0 Å². The molecular weight excluding hydrogens is 320 g/mol. The minimum atomic E-state index is -0.501. The summed E-state index contributed by atoms with van der Waals surface area (Å²) in [7, 11) is 0. The normalized spacial score (nSPS) is 10.7. The van der Waals surface area contributed by atoms with Crippen LogP contribution >= 0.6 is 11.3 Å². The SMILES string of the molecule is Cc1cccc(C=Cc2cccc(NC(=O)Oc3cccs3)c2)n1. The third-order valence-corrected chi connectivity index (χ3v) is 3.92. The monoisotopic (exact) mass is 336 g/mol. The molecule has 0 aliphatic carbocycles. The smallest absolute Gasteiger partial charge is 0.399 e. The highest BCUT2D eigenvalue weighted by atomic mass is 32.1. The number of hydrogen-bond donors (Lipinski definition) is 1. The first-order chi connectivity index (χ1) is 11.7. The average Bonchev–Trinajstić information content (AvgIpc) is 3.06. The molecule has 0 saturated heterocycles. The summed E-state index contributed by atoms with van der Waals surface area (Å²) >= 11 is 1.37. The lowest BCUT2D eigenvalue weighted by Crippen LogP contribution is -2.16. The van der Waals surface area contributed by atoms with Crippen molar-refractivity contribution in [1.29, 1.82) is 0 Å². The van der Waals surface area contributed by atoms with Crippen LogP contribution in [0, 0.1) is 6.92 Å². The zero-order chi connectivity index (χ0) is 16.8. The van der Waals surface area contributed by atoms with Crippen LogP contribution in [0.5, 0.6) is 5.06 Å². The van der Waals surface area contributed by atoms with Crippen LogP contribution in [-0.2, 0) is 0 Å². The number of thiophene rings is 1. The minimum absolute atomic E-state index is 0.501. The Hall–Kier alpha value is -2.92. The van der Waals surface area contributed by atoms with Gasteiger partial charge in [-0.05, 0) is 60.3 Å². The molecule has 0 aliphatic heterocycles. The van der Waals surface area contributed by atoms with Gasteiger partial charge in [-0.2, -0.15) is 0 Å². The molecule has 0 bridgehead atoms. The molecule has 2 heterocycles. The number of carbonyl (C=O) groups is 1. The van der Waals surface area contributed by atoms with E-state index in [0.717, 1.165) is 17.0 Å². The molecule has 24 heavy (non-hydrogen) atoms. The summed E-state index contributed by atoms with van der Waals surface area (Å²) in [5.74, 6) is 0. The number of aromatic nitrogens is 1. The van der Waals surface area contributed by atoms with E-state index in [9.17, 15) is 4.79 Å². The van der Waals surface area contributed by atoms with Crippen LogP contribution in [0.1, 0.15) is 17.0 Å². The molecule has 0 atom stereocenters. The highest BCUT2D eigenvalue weighted by molar-refractivity contribution is 7.11. The molecule has 0 saturated carbocycles. The van der Waals surface area contributed by atoms with E-state index in [1.54, 1.807) is 6.07 Å². The second kappa shape index (κ2) is 7.57. The topological polar surface area (TPSA) is 51.2 Å². The van der Waals surface area contributed by atoms with Gasteiger partial charge >= 0.3 is 6.09 Å². The maximum Gasteiger partial charge on any atom is 0.417 e. The second-order valence-electron chi connectivity index (χ2n) is 5.11. The Morgan fingerprint density at radius 1 is 1.12 bits per heavy atom. The standard InChI is InChI=1S/C19H16N2O2S/c1-14-5-2-7-16(20-14)11-10-15-6-3-8-17(13-15)21-19(22)23-18-9-4-12-24-18/h2-13H,1H3,(H,21,22). The van der Waals surface area contributed by atoms with E-state index in [4.69, 9.17) is 4.74 Å². The molecule has 1 amide bonds. The number of carbonyl (C=O) groups excluding carboxylic acids is 1. The van der Waals surface area contributed by atoms with Crippen molar-refractivity contribution >= 4 is 35.3 Å². The molecular formula is C19H16N2O2S. The van der Waals surface area contributed by atoms with E-state index in [2.05, 4.69) is 10.3 Å². The molecule has 0 unspecified atom stereocenters. The van der Waals surface area contributed by atoms with Crippen LogP contribution in [0.2, 0.25) is 0 Å². The summed E-state index contributed by atoms with van der Waals surface area (Å²) in [6.45, 7) is 1.96. The van der Waals surface area contributed by atoms with E-state index in [1.807, 2.05) is 73.0 Å². The predicted octanol–water partition coefficient (Wildman–Crippen LogP) is 5.23. The summed E-state index contributed by atoms with van der Waals surface area (Å²) in [6, 6.07) is 17.0. The predicted molar refractivity (Wildman–Crippen MR) is 98.3 cm³/mol. The number of pyridine rings is 1. The van der Waals surface area contributed by atoms with Crippen molar-refractivity contribution in [1.82, 2.24) is 4.98 Å². The molecule has 0 fully saturated rings. The molecule has 1 aromatic carbocycles. The Morgan fingerprint density at radius 2 is 2.00 bits per heavy atom. The number of ether oxygens (including phenoxy) is 1. The fraction of sp³-hybridized carbons (Fsp3) is 0.0526. The Bertz CT molecular complexity index is 857. The number of benzene rings is 1. The Balaban J connectivity index is 1.66. The van der Waals surface area contributed by atoms with Crippen molar-refractivity contribution in [2.75, 3.05) is 5.32 Å². The van der Waals surface area contributed by atoms with Gasteiger partial charge in [-0.3, -0.25) is 10.3 Å². The largest absolute Gasteiger partial charge is 0.417 e. The van der Waals surface area contributed by atoms with Crippen molar-refractivity contribution in [3.63, 3.8) is 0 Å². The zero-order valence-corrected chi connectivity index (χ0v) is 13.9. The molecule has 5 heteroatoms. The molecule has 3 aromatic rings. The Kier molecular flexibility index (Phi) is 5.03. The van der Waals surface area contributed by atoms with Gasteiger partial charge in [-0.1, -0.05) is 24.3 Å². The first-order valence-corrected chi connectivity index (χ1v) is 8.31. The van der Waals surface area contributed by atoms with Crippen LogP contribution in [0.15, 0.2) is 60.0 Å². The zero-order valence-electron chi connectivity index (χ0n) is 13.1. The number of amides is 1. The van der Waals surface area contributed by atoms with E-state index < -0.39 is 6.09 Å². The van der Waals surface area contributed by atoms with Crippen molar-refractivity contribution in [3.8, 4) is 5.06 Å². The highest BCUT2D eigenvalue weighted by Gasteiger charge is 2.05. The van der Waals surface area contributed by atoms with Gasteiger partial charge in [0.2, 0.25) is 0 Å². The van der Waals surface area contributed by atoms with Crippen LogP contribution in [0.25, 0.3) is 12.2 Å². The maximum absolute atomic E-state index is 11.9. The van der Waals surface area contributed by atoms with Gasteiger partial charge in [-0.25, -0.2) is 4.79 Å². The van der Waals surface area contributed by atoms with Crippen LogP contribution in [-0.4, -0.2) is 11.1 Å². The number of rotatable bonds is 4. The first kappa shape index (κ1) is 16.0. The van der Waals surface area contributed by atoms with Gasteiger partial charge in [0, 0.05) is 11.4 Å². The number of nitrogens with one attached hydrogen (secondary N) is 1. The highest BCUT2D eigenvalue weighted by Crippen LogP contribution is 2.19. The molecule has 3 rings (SSSR count). The first-order valence-electron chi connectivity index (χ1n) is 7.43. The third kappa shape index (κ3) is 4.54. The molecule has 4 nitrogen and oxygen atoms in total. The van der Waals surface area contributed by atoms with Crippen molar-refractivity contribution < 1.29 is 9.53 Å². The molecule has 0 aliphatic rings. The summed E-state index contributed by atoms with van der Waals surface area (Å²) in [4.78, 5) is 16.3. The fourth-order valence-corrected chi connectivity index (χ4v) is 2.69. The van der Waals surface area contributed by atoms with Gasteiger partial charge < -0.3 is 4.74 Å². The summed E-state index contributed by atoms with van der Waals surface area (Å²) in [5, 5.41) is 5.14. The van der Waals surface area contributed by atoms with Crippen molar-refractivity contribution in [2.45, 2.75) is 6.92 Å². The van der Waals surface area contributed by atoms with E-state index in [1.165, 1.54) is 11.3 Å². The lowest BCUT2D eigenvalue weighted by molar-refractivity contribution is 0.216. The average molecular weight is 336 g/mol. The number of aryl methyl sites for hydroxylation is 1. The Labute approximate surface area is 144 Å². The van der Waals surface area contributed by atoms with Gasteiger partial charge in [-0.15, -0.1) is 11.3 Å². The molecule has 0 radical (unpaired) electrons.